The topological polar surface area (TPSA) is 148 Å². The van der Waals surface area contributed by atoms with Gasteiger partial charge in [0.15, 0.2) is 6.10 Å². The van der Waals surface area contributed by atoms with Crippen molar-refractivity contribution < 1.29 is 52.6 Å². The van der Waals surface area contributed by atoms with Crippen LogP contribution < -0.4 is 0 Å². The average molecular weight is 548 g/mol. The molecule has 2 saturated heterocycles. The number of methoxy groups -OCH3 is 1. The SMILES string of the molecule is COC(=O)[C@H]1O[C@@H](OC(=O)c2c[nH]c3cc(F)c(-c4ccc([C@@H]5CCCCO5)cc4)c(F)c23)[C@H](O)[C@@H](O)[C@@H]1O. The molecular formula is C27H27F2NO9. The van der Waals surface area contributed by atoms with Gasteiger partial charge in [-0.25, -0.2) is 18.4 Å². The molecule has 0 saturated carbocycles. The number of aromatic amines is 1. The van der Waals surface area contributed by atoms with E-state index in [1.807, 2.05) is 0 Å². The summed E-state index contributed by atoms with van der Waals surface area (Å²) in [5.41, 5.74) is 0.416. The second-order valence-electron chi connectivity index (χ2n) is 9.47. The summed E-state index contributed by atoms with van der Waals surface area (Å²) in [5, 5.41) is 30.1. The minimum atomic E-state index is -1.93. The molecule has 0 amide bonds. The minimum absolute atomic E-state index is 0.0269. The van der Waals surface area contributed by atoms with Gasteiger partial charge in [0.1, 0.15) is 29.9 Å². The molecule has 10 nitrogen and oxygen atoms in total. The smallest absolute Gasteiger partial charge is 0.342 e. The number of halogens is 2. The van der Waals surface area contributed by atoms with Crippen molar-refractivity contribution in [2.75, 3.05) is 13.7 Å². The van der Waals surface area contributed by atoms with E-state index in [1.54, 1.807) is 24.3 Å². The number of carbonyl (C=O) groups is 2. The van der Waals surface area contributed by atoms with Crippen LogP contribution >= 0.6 is 0 Å². The number of carbonyl (C=O) groups excluding carboxylic acids is 2. The summed E-state index contributed by atoms with van der Waals surface area (Å²) >= 11 is 0. The maximum Gasteiger partial charge on any atom is 0.342 e. The molecule has 12 heteroatoms. The molecule has 0 bridgehead atoms. The Bertz CT molecular complexity index is 1370. The number of H-pyrrole nitrogens is 1. The molecule has 0 radical (unpaired) electrons. The molecule has 0 unspecified atom stereocenters. The van der Waals surface area contributed by atoms with Gasteiger partial charge in [0, 0.05) is 12.8 Å². The Morgan fingerprint density at radius 3 is 2.46 bits per heavy atom. The van der Waals surface area contributed by atoms with Gasteiger partial charge in [0.05, 0.1) is 35.2 Å². The van der Waals surface area contributed by atoms with Crippen LogP contribution in [0, 0.1) is 11.6 Å². The maximum absolute atomic E-state index is 15.8. The fourth-order valence-electron chi connectivity index (χ4n) is 4.94. The van der Waals surface area contributed by atoms with E-state index in [2.05, 4.69) is 9.72 Å². The predicted molar refractivity (Wildman–Crippen MR) is 130 cm³/mol. The van der Waals surface area contributed by atoms with E-state index in [0.717, 1.165) is 44.2 Å². The van der Waals surface area contributed by atoms with E-state index in [4.69, 9.17) is 14.2 Å². The molecule has 2 aromatic carbocycles. The summed E-state index contributed by atoms with van der Waals surface area (Å²) in [6.45, 7) is 0.657. The van der Waals surface area contributed by atoms with E-state index in [9.17, 15) is 24.9 Å². The Labute approximate surface area is 221 Å². The molecule has 39 heavy (non-hydrogen) atoms. The standard InChI is InChI=1S/C27H27F2NO9/c1-36-26(35)24-22(32)21(31)23(33)27(38-24)39-25(34)14-11-30-16-10-15(28)18(20(29)19(14)16)13-7-5-12(6-8-13)17-4-2-3-9-37-17/h5-8,10-11,17,21-24,27,30-33H,2-4,9H2,1H3/t17-,21-,22-,23+,24-,27-/m0/s1. The highest BCUT2D eigenvalue weighted by atomic mass is 19.1. The van der Waals surface area contributed by atoms with Crippen molar-refractivity contribution in [1.82, 2.24) is 4.98 Å². The third-order valence-electron chi connectivity index (χ3n) is 7.06. The summed E-state index contributed by atoms with van der Waals surface area (Å²) in [4.78, 5) is 27.5. The van der Waals surface area contributed by atoms with E-state index in [-0.39, 0.29) is 33.7 Å². The Morgan fingerprint density at radius 2 is 1.79 bits per heavy atom. The van der Waals surface area contributed by atoms with Gasteiger partial charge < -0.3 is 39.3 Å². The molecule has 2 aliphatic rings. The molecule has 6 atom stereocenters. The highest BCUT2D eigenvalue weighted by molar-refractivity contribution is 6.05. The van der Waals surface area contributed by atoms with Crippen molar-refractivity contribution in [1.29, 1.82) is 0 Å². The van der Waals surface area contributed by atoms with Crippen molar-refractivity contribution in [2.24, 2.45) is 0 Å². The van der Waals surface area contributed by atoms with E-state index in [1.165, 1.54) is 0 Å². The lowest BCUT2D eigenvalue weighted by Gasteiger charge is -2.38. The number of aliphatic hydroxyl groups is 3. The lowest BCUT2D eigenvalue weighted by molar-refractivity contribution is -0.279. The van der Waals surface area contributed by atoms with Crippen LogP contribution in [0.15, 0.2) is 36.5 Å². The lowest BCUT2D eigenvalue weighted by Crippen LogP contribution is -2.60. The Morgan fingerprint density at radius 1 is 1.05 bits per heavy atom. The van der Waals surface area contributed by atoms with Gasteiger partial charge in [-0.3, -0.25) is 0 Å². The number of aliphatic hydroxyl groups excluding tert-OH is 3. The third kappa shape index (κ3) is 5.01. The van der Waals surface area contributed by atoms with Gasteiger partial charge in [-0.2, -0.15) is 0 Å². The van der Waals surface area contributed by atoms with Gasteiger partial charge >= 0.3 is 11.9 Å². The first-order chi connectivity index (χ1) is 18.7. The summed E-state index contributed by atoms with van der Waals surface area (Å²) in [5.74, 6) is -4.15. The number of rotatable bonds is 5. The van der Waals surface area contributed by atoms with Crippen molar-refractivity contribution >= 4 is 22.8 Å². The second-order valence-corrected chi connectivity index (χ2v) is 9.47. The number of hydrogen-bond acceptors (Lipinski definition) is 9. The van der Waals surface area contributed by atoms with Crippen LogP contribution in [0.4, 0.5) is 8.78 Å². The maximum atomic E-state index is 15.8. The number of benzene rings is 2. The number of ether oxygens (including phenoxy) is 4. The first kappa shape index (κ1) is 27.2. The zero-order valence-electron chi connectivity index (χ0n) is 20.8. The number of hydrogen-bond donors (Lipinski definition) is 4. The fraction of sp³-hybridized carbons (Fsp3) is 0.407. The largest absolute Gasteiger partial charge is 0.467 e. The van der Waals surface area contributed by atoms with Gasteiger partial charge in [-0.1, -0.05) is 24.3 Å². The van der Waals surface area contributed by atoms with Crippen LogP contribution in [0.25, 0.3) is 22.0 Å². The van der Waals surface area contributed by atoms with Gasteiger partial charge in [-0.05, 0) is 36.5 Å². The summed E-state index contributed by atoms with van der Waals surface area (Å²) in [6.07, 6.45) is -5.45. The monoisotopic (exact) mass is 547 g/mol. The molecule has 5 rings (SSSR count). The van der Waals surface area contributed by atoms with Crippen LogP contribution in [0.2, 0.25) is 0 Å². The van der Waals surface area contributed by atoms with E-state index in [0.29, 0.717) is 6.61 Å². The number of aromatic nitrogens is 1. The van der Waals surface area contributed by atoms with E-state index >= 15 is 8.78 Å². The Balaban J connectivity index is 1.43. The summed E-state index contributed by atoms with van der Waals surface area (Å²) in [6, 6.07) is 7.70. The first-order valence-corrected chi connectivity index (χ1v) is 12.4. The van der Waals surface area contributed by atoms with Crippen molar-refractivity contribution in [3.8, 4) is 11.1 Å². The zero-order valence-corrected chi connectivity index (χ0v) is 20.8. The molecule has 0 spiro atoms. The average Bonchev–Trinajstić information content (AvgIpc) is 3.38. The molecule has 4 N–H and O–H groups in total. The van der Waals surface area contributed by atoms with Crippen molar-refractivity contribution in [3.05, 3.63) is 59.3 Å². The highest BCUT2D eigenvalue weighted by Crippen LogP contribution is 2.36. The number of esters is 2. The van der Waals surface area contributed by atoms with Gasteiger partial charge in [0.2, 0.25) is 6.29 Å². The molecule has 1 aromatic heterocycles. The third-order valence-corrected chi connectivity index (χ3v) is 7.06. The van der Waals surface area contributed by atoms with Crippen LogP contribution in [0.5, 0.6) is 0 Å². The van der Waals surface area contributed by atoms with Crippen LogP contribution in [-0.4, -0.2) is 76.7 Å². The number of nitrogens with one attached hydrogen (secondary N) is 1. The Kier molecular flexibility index (Phi) is 7.65. The molecule has 208 valence electrons. The molecule has 0 aliphatic carbocycles. The zero-order chi connectivity index (χ0) is 27.8. The van der Waals surface area contributed by atoms with E-state index < -0.39 is 54.3 Å². The summed E-state index contributed by atoms with van der Waals surface area (Å²) < 4.78 is 51.4. The normalized spacial score (nSPS) is 27.3. The highest BCUT2D eigenvalue weighted by Gasteiger charge is 2.49. The van der Waals surface area contributed by atoms with Crippen molar-refractivity contribution in [3.63, 3.8) is 0 Å². The molecule has 3 aromatic rings. The quantitative estimate of drug-likeness (QED) is 0.354. The lowest BCUT2D eigenvalue weighted by atomic mass is 9.96. The Hall–Kier alpha value is -3.42. The van der Waals surface area contributed by atoms with Crippen LogP contribution in [-0.2, 0) is 23.7 Å². The van der Waals surface area contributed by atoms with Gasteiger partial charge in [-0.15, -0.1) is 0 Å². The van der Waals surface area contributed by atoms with Crippen LogP contribution in [0.1, 0.15) is 41.3 Å². The molecule has 2 aliphatic heterocycles. The van der Waals surface area contributed by atoms with Gasteiger partial charge in [0.25, 0.3) is 0 Å². The fourth-order valence-corrected chi connectivity index (χ4v) is 4.94. The minimum Gasteiger partial charge on any atom is -0.467 e. The second kappa shape index (κ2) is 11.0. The molecule has 2 fully saturated rings. The first-order valence-electron chi connectivity index (χ1n) is 12.4. The number of fused-ring (bicyclic) bond motifs is 1. The van der Waals surface area contributed by atoms with Crippen LogP contribution in [0.3, 0.4) is 0 Å². The predicted octanol–water partition coefficient (Wildman–Crippen LogP) is 2.49. The molecule has 3 heterocycles. The molecular weight excluding hydrogens is 520 g/mol. The summed E-state index contributed by atoms with van der Waals surface area (Å²) in [7, 11) is 1.01. The van der Waals surface area contributed by atoms with Crippen molar-refractivity contribution in [2.45, 2.75) is 56.1 Å².